The van der Waals surface area contributed by atoms with Crippen LogP contribution in [0.25, 0.3) is 11.1 Å². The molecule has 0 unspecified atom stereocenters. The van der Waals surface area contributed by atoms with E-state index in [1.54, 1.807) is 12.1 Å². The van der Waals surface area contributed by atoms with Crippen LogP contribution in [0.5, 0.6) is 0 Å². The van der Waals surface area contributed by atoms with Gasteiger partial charge in [0.15, 0.2) is 17.9 Å². The number of carbonyl (C=O) groups is 1. The third kappa shape index (κ3) is 6.23. The first-order valence-electron chi connectivity index (χ1n) is 10.2. The molecule has 1 aromatic heterocycles. The van der Waals surface area contributed by atoms with Crippen molar-refractivity contribution in [2.45, 2.75) is 38.1 Å². The Labute approximate surface area is 183 Å². The number of sulfonamides is 1. The van der Waals surface area contributed by atoms with Gasteiger partial charge in [-0.2, -0.15) is 4.57 Å². The number of primary sulfonamides is 1. The zero-order chi connectivity index (χ0) is 22.4. The van der Waals surface area contributed by atoms with Crippen LogP contribution in [0.4, 0.5) is 0 Å². The summed E-state index contributed by atoms with van der Waals surface area (Å²) in [6.07, 6.45) is 1.01. The van der Waals surface area contributed by atoms with E-state index in [2.05, 4.69) is 48.0 Å². The summed E-state index contributed by atoms with van der Waals surface area (Å²) >= 11 is 0. The van der Waals surface area contributed by atoms with Crippen molar-refractivity contribution in [3.63, 3.8) is 0 Å². The van der Waals surface area contributed by atoms with Crippen LogP contribution in [0, 0.1) is 13.8 Å². The number of benzene rings is 2. The topological polar surface area (TPSA) is 93.1 Å². The molecule has 1 amide bonds. The maximum atomic E-state index is 12.3. The number of amides is 1. The van der Waals surface area contributed by atoms with Crippen molar-refractivity contribution in [1.82, 2.24) is 5.32 Å². The van der Waals surface area contributed by atoms with E-state index in [1.165, 1.54) is 23.3 Å². The molecule has 3 aromatic rings. The van der Waals surface area contributed by atoms with Gasteiger partial charge in [0.05, 0.1) is 11.3 Å². The first kappa shape index (κ1) is 22.7. The molecule has 0 atom stereocenters. The summed E-state index contributed by atoms with van der Waals surface area (Å²) < 4.78 is 24.7. The second kappa shape index (κ2) is 9.85. The number of pyridine rings is 1. The SMILES string of the molecule is Cc1cc(-c2ccccc2)cc(C)[n+]1CCC(=O)NCCc1ccc(S(N)(=O)=O)cc1. The Balaban J connectivity index is 1.51. The van der Waals surface area contributed by atoms with Gasteiger partial charge in [-0.15, -0.1) is 0 Å². The zero-order valence-corrected chi connectivity index (χ0v) is 18.7. The second-order valence-corrected chi connectivity index (χ2v) is 9.14. The molecular weight excluding hydrogens is 410 g/mol. The molecule has 3 N–H and O–H groups in total. The van der Waals surface area contributed by atoms with Crippen LogP contribution in [0.2, 0.25) is 0 Å². The van der Waals surface area contributed by atoms with Crippen LogP contribution in [-0.2, 0) is 27.8 Å². The van der Waals surface area contributed by atoms with E-state index in [1.807, 2.05) is 18.2 Å². The van der Waals surface area contributed by atoms with E-state index in [-0.39, 0.29) is 10.8 Å². The normalized spacial score (nSPS) is 11.3. The molecule has 0 bridgehead atoms. The monoisotopic (exact) mass is 438 g/mol. The number of carbonyl (C=O) groups excluding carboxylic acids is 1. The van der Waals surface area contributed by atoms with E-state index in [4.69, 9.17) is 5.14 Å². The van der Waals surface area contributed by atoms with Crippen molar-refractivity contribution in [3.05, 3.63) is 83.7 Å². The fourth-order valence-corrected chi connectivity index (χ4v) is 4.08. The minimum Gasteiger partial charge on any atom is -0.356 e. The number of aromatic nitrogens is 1. The minimum atomic E-state index is -3.69. The van der Waals surface area contributed by atoms with E-state index in [9.17, 15) is 13.2 Å². The predicted molar refractivity (Wildman–Crippen MR) is 121 cm³/mol. The number of hydrogen-bond donors (Lipinski definition) is 2. The summed E-state index contributed by atoms with van der Waals surface area (Å²) in [5, 5.41) is 8.03. The summed E-state index contributed by atoms with van der Waals surface area (Å²) in [6, 6.07) is 20.9. The fraction of sp³-hybridized carbons (Fsp3) is 0.250. The third-order valence-corrected chi connectivity index (χ3v) is 6.17. The lowest BCUT2D eigenvalue weighted by Crippen LogP contribution is -2.42. The Morgan fingerprint density at radius 3 is 2.13 bits per heavy atom. The number of nitrogens with zero attached hydrogens (tertiary/aromatic N) is 1. The molecule has 0 aliphatic carbocycles. The van der Waals surface area contributed by atoms with Crippen LogP contribution in [0.3, 0.4) is 0 Å². The predicted octanol–water partition coefficient (Wildman–Crippen LogP) is 2.65. The van der Waals surface area contributed by atoms with Gasteiger partial charge in [0.2, 0.25) is 15.9 Å². The van der Waals surface area contributed by atoms with Gasteiger partial charge in [0.1, 0.15) is 0 Å². The summed E-state index contributed by atoms with van der Waals surface area (Å²) in [6.45, 7) is 5.22. The smallest absolute Gasteiger partial charge is 0.238 e. The van der Waals surface area contributed by atoms with Gasteiger partial charge in [-0.25, -0.2) is 13.6 Å². The second-order valence-electron chi connectivity index (χ2n) is 7.58. The lowest BCUT2D eigenvalue weighted by Gasteiger charge is -2.09. The summed E-state index contributed by atoms with van der Waals surface area (Å²) in [5.41, 5.74) is 5.51. The van der Waals surface area contributed by atoms with Crippen molar-refractivity contribution in [2.75, 3.05) is 6.54 Å². The lowest BCUT2D eigenvalue weighted by molar-refractivity contribution is -0.707. The molecule has 3 rings (SSSR count). The van der Waals surface area contributed by atoms with Crippen molar-refractivity contribution in [2.24, 2.45) is 5.14 Å². The molecule has 7 heteroatoms. The molecule has 0 saturated carbocycles. The average Bonchev–Trinajstić information content (AvgIpc) is 2.73. The Morgan fingerprint density at radius 2 is 1.55 bits per heavy atom. The van der Waals surface area contributed by atoms with Crippen LogP contribution >= 0.6 is 0 Å². The standard InChI is InChI=1S/C24H27N3O3S/c1-18-16-22(21-6-4-3-5-7-21)17-19(2)27(18)15-13-24(28)26-14-12-20-8-10-23(11-9-20)31(25,29)30/h3-11,16-17H,12-15H2,1-2H3,(H2-,25,26,28,29,30)/p+1. The van der Waals surface area contributed by atoms with Gasteiger partial charge in [0, 0.05) is 32.5 Å². The Morgan fingerprint density at radius 1 is 0.935 bits per heavy atom. The molecule has 1 heterocycles. The number of aryl methyl sites for hydroxylation is 2. The number of rotatable bonds is 8. The van der Waals surface area contributed by atoms with E-state index >= 15 is 0 Å². The average molecular weight is 439 g/mol. The highest BCUT2D eigenvalue weighted by Crippen LogP contribution is 2.19. The summed E-state index contributed by atoms with van der Waals surface area (Å²) in [7, 11) is -3.69. The highest BCUT2D eigenvalue weighted by atomic mass is 32.2. The zero-order valence-electron chi connectivity index (χ0n) is 17.8. The Bertz CT molecular complexity index is 1140. The Kier molecular flexibility index (Phi) is 7.20. The number of nitrogens with two attached hydrogens (primary N) is 1. The summed E-state index contributed by atoms with van der Waals surface area (Å²) in [5.74, 6) is -0.0143. The van der Waals surface area contributed by atoms with Gasteiger partial charge in [0.25, 0.3) is 0 Å². The molecule has 0 fully saturated rings. The van der Waals surface area contributed by atoms with Crippen LogP contribution in [-0.4, -0.2) is 20.9 Å². The van der Waals surface area contributed by atoms with Crippen molar-refractivity contribution < 1.29 is 17.8 Å². The maximum absolute atomic E-state index is 12.3. The van der Waals surface area contributed by atoms with Gasteiger partial charge in [-0.1, -0.05) is 42.5 Å². The molecule has 0 aliphatic rings. The third-order valence-electron chi connectivity index (χ3n) is 5.24. The number of nitrogens with one attached hydrogen (secondary N) is 1. The van der Waals surface area contributed by atoms with Crippen LogP contribution < -0.4 is 15.0 Å². The first-order chi connectivity index (χ1) is 14.7. The molecule has 162 valence electrons. The van der Waals surface area contributed by atoms with Gasteiger partial charge in [-0.05, 0) is 35.2 Å². The molecule has 0 spiro atoms. The molecule has 0 aliphatic heterocycles. The molecule has 6 nitrogen and oxygen atoms in total. The molecular formula is C24H28N3O3S+. The van der Waals surface area contributed by atoms with Crippen molar-refractivity contribution >= 4 is 15.9 Å². The largest absolute Gasteiger partial charge is 0.356 e. The fourth-order valence-electron chi connectivity index (χ4n) is 3.57. The summed E-state index contributed by atoms with van der Waals surface area (Å²) in [4.78, 5) is 12.4. The first-order valence-corrected chi connectivity index (χ1v) is 11.7. The molecule has 0 radical (unpaired) electrons. The highest BCUT2D eigenvalue weighted by Gasteiger charge is 2.15. The van der Waals surface area contributed by atoms with Gasteiger partial charge < -0.3 is 5.32 Å². The van der Waals surface area contributed by atoms with E-state index in [0.29, 0.717) is 25.9 Å². The van der Waals surface area contributed by atoms with E-state index < -0.39 is 10.0 Å². The highest BCUT2D eigenvalue weighted by molar-refractivity contribution is 7.89. The maximum Gasteiger partial charge on any atom is 0.238 e. The molecule has 0 saturated heterocycles. The molecule has 2 aromatic carbocycles. The molecule has 31 heavy (non-hydrogen) atoms. The van der Waals surface area contributed by atoms with Crippen molar-refractivity contribution in [1.29, 1.82) is 0 Å². The number of hydrogen-bond acceptors (Lipinski definition) is 3. The lowest BCUT2D eigenvalue weighted by atomic mass is 10.0. The van der Waals surface area contributed by atoms with Gasteiger partial charge >= 0.3 is 0 Å². The van der Waals surface area contributed by atoms with Crippen LogP contribution in [0.15, 0.2) is 71.6 Å². The van der Waals surface area contributed by atoms with Gasteiger partial charge in [-0.3, -0.25) is 4.79 Å². The quantitative estimate of drug-likeness (QED) is 0.530. The van der Waals surface area contributed by atoms with E-state index in [0.717, 1.165) is 17.0 Å². The van der Waals surface area contributed by atoms with Crippen LogP contribution in [0.1, 0.15) is 23.4 Å². The minimum absolute atomic E-state index is 0.0143. The Hall–Kier alpha value is -3.03. The van der Waals surface area contributed by atoms with Crippen molar-refractivity contribution in [3.8, 4) is 11.1 Å².